The van der Waals surface area contributed by atoms with Crippen LogP contribution in [0.2, 0.25) is 0 Å². The molecule has 0 bridgehead atoms. The smallest absolute Gasteiger partial charge is 0.433 e. The number of hydrogen-bond donors (Lipinski definition) is 1. The predicted molar refractivity (Wildman–Crippen MR) is 55.4 cm³/mol. The molecule has 2 N–H and O–H groups in total. The Hall–Kier alpha value is -1.30. The SMILES string of the molecule is NCc1ccc(C(F)(F)F)nc1OC1CCC1. The Kier molecular flexibility index (Phi) is 3.24. The molecule has 0 aliphatic heterocycles. The van der Waals surface area contributed by atoms with Gasteiger partial charge in [0, 0.05) is 12.1 Å². The van der Waals surface area contributed by atoms with Gasteiger partial charge in [0.1, 0.15) is 11.8 Å². The van der Waals surface area contributed by atoms with Crippen molar-refractivity contribution in [3.8, 4) is 5.88 Å². The van der Waals surface area contributed by atoms with Crippen molar-refractivity contribution in [2.45, 2.75) is 38.1 Å². The summed E-state index contributed by atoms with van der Waals surface area (Å²) >= 11 is 0. The largest absolute Gasteiger partial charge is 0.474 e. The van der Waals surface area contributed by atoms with Gasteiger partial charge in [-0.2, -0.15) is 13.2 Å². The molecule has 0 unspecified atom stereocenters. The third-order valence-electron chi connectivity index (χ3n) is 2.78. The fourth-order valence-corrected chi connectivity index (χ4v) is 1.53. The Morgan fingerprint density at radius 1 is 1.35 bits per heavy atom. The van der Waals surface area contributed by atoms with Crippen LogP contribution in [0.1, 0.15) is 30.5 Å². The van der Waals surface area contributed by atoms with E-state index in [9.17, 15) is 13.2 Å². The van der Waals surface area contributed by atoms with Crippen LogP contribution in [0.3, 0.4) is 0 Å². The third-order valence-corrected chi connectivity index (χ3v) is 2.78. The monoisotopic (exact) mass is 246 g/mol. The maximum atomic E-state index is 12.5. The minimum atomic E-state index is -4.45. The Bertz CT molecular complexity index is 402. The molecule has 1 heterocycles. The normalized spacial score (nSPS) is 16.7. The highest BCUT2D eigenvalue weighted by Gasteiger charge is 2.33. The molecule has 1 aliphatic rings. The van der Waals surface area contributed by atoms with Gasteiger partial charge in [-0.05, 0) is 25.3 Å². The summed E-state index contributed by atoms with van der Waals surface area (Å²) in [5.74, 6) is 0.0204. The van der Waals surface area contributed by atoms with E-state index < -0.39 is 11.9 Å². The van der Waals surface area contributed by atoms with Crippen LogP contribution >= 0.6 is 0 Å². The number of hydrogen-bond acceptors (Lipinski definition) is 3. The summed E-state index contributed by atoms with van der Waals surface area (Å²) in [5, 5.41) is 0. The van der Waals surface area contributed by atoms with Crippen LogP contribution in [0.25, 0.3) is 0 Å². The van der Waals surface area contributed by atoms with Crippen LogP contribution in [0.4, 0.5) is 13.2 Å². The fraction of sp³-hybridized carbons (Fsp3) is 0.545. The van der Waals surface area contributed by atoms with Crippen LogP contribution in [0.5, 0.6) is 5.88 Å². The number of nitrogens with two attached hydrogens (primary N) is 1. The maximum absolute atomic E-state index is 12.5. The first kappa shape index (κ1) is 12.2. The summed E-state index contributed by atoms with van der Waals surface area (Å²) in [4.78, 5) is 3.51. The number of aromatic nitrogens is 1. The molecule has 0 spiro atoms. The lowest BCUT2D eigenvalue weighted by atomic mass is 9.96. The van der Waals surface area contributed by atoms with Crippen molar-refractivity contribution in [2.24, 2.45) is 5.73 Å². The van der Waals surface area contributed by atoms with Crippen molar-refractivity contribution in [3.05, 3.63) is 23.4 Å². The molecular weight excluding hydrogens is 233 g/mol. The summed E-state index contributed by atoms with van der Waals surface area (Å²) in [5.41, 5.74) is 5.01. The highest BCUT2D eigenvalue weighted by molar-refractivity contribution is 5.29. The van der Waals surface area contributed by atoms with Gasteiger partial charge in [0.25, 0.3) is 0 Å². The van der Waals surface area contributed by atoms with Crippen molar-refractivity contribution in [2.75, 3.05) is 0 Å². The number of halogens is 3. The molecule has 0 amide bonds. The number of ether oxygens (including phenoxy) is 1. The van der Waals surface area contributed by atoms with E-state index in [2.05, 4.69) is 4.98 Å². The zero-order chi connectivity index (χ0) is 12.5. The van der Waals surface area contributed by atoms with E-state index in [0.717, 1.165) is 25.3 Å². The quantitative estimate of drug-likeness (QED) is 0.891. The van der Waals surface area contributed by atoms with Crippen LogP contribution in [-0.4, -0.2) is 11.1 Å². The van der Waals surface area contributed by atoms with E-state index in [0.29, 0.717) is 5.56 Å². The molecule has 0 radical (unpaired) electrons. The minimum Gasteiger partial charge on any atom is -0.474 e. The van der Waals surface area contributed by atoms with Gasteiger partial charge in [0.2, 0.25) is 5.88 Å². The van der Waals surface area contributed by atoms with Crippen molar-refractivity contribution >= 4 is 0 Å². The van der Waals surface area contributed by atoms with E-state index in [-0.39, 0.29) is 18.5 Å². The number of alkyl halides is 3. The molecule has 1 aromatic heterocycles. The van der Waals surface area contributed by atoms with Gasteiger partial charge < -0.3 is 10.5 Å². The van der Waals surface area contributed by atoms with E-state index in [4.69, 9.17) is 10.5 Å². The summed E-state index contributed by atoms with van der Waals surface area (Å²) in [6, 6.07) is 2.25. The summed E-state index contributed by atoms with van der Waals surface area (Å²) in [6.07, 6.45) is -1.70. The standard InChI is InChI=1S/C11H13F3N2O/c12-11(13,14)9-5-4-7(6-15)10(16-9)17-8-2-1-3-8/h4-5,8H,1-3,6,15H2. The molecule has 1 fully saturated rings. The van der Waals surface area contributed by atoms with Crippen molar-refractivity contribution < 1.29 is 17.9 Å². The van der Waals surface area contributed by atoms with E-state index >= 15 is 0 Å². The summed E-state index contributed by atoms with van der Waals surface area (Å²) < 4.78 is 42.9. The Morgan fingerprint density at radius 2 is 2.06 bits per heavy atom. The zero-order valence-electron chi connectivity index (χ0n) is 9.13. The molecule has 6 heteroatoms. The third kappa shape index (κ3) is 2.69. The van der Waals surface area contributed by atoms with Crippen molar-refractivity contribution in [1.29, 1.82) is 0 Å². The lowest BCUT2D eigenvalue weighted by Crippen LogP contribution is -2.26. The molecule has 0 atom stereocenters. The van der Waals surface area contributed by atoms with Gasteiger partial charge in [-0.25, -0.2) is 4.98 Å². The first-order chi connectivity index (χ1) is 8.00. The van der Waals surface area contributed by atoms with Gasteiger partial charge in [0.15, 0.2) is 0 Å². The molecule has 0 saturated heterocycles. The number of nitrogens with zero attached hydrogens (tertiary/aromatic N) is 1. The lowest BCUT2D eigenvalue weighted by molar-refractivity contribution is -0.141. The zero-order valence-corrected chi connectivity index (χ0v) is 9.13. The van der Waals surface area contributed by atoms with E-state index in [1.807, 2.05) is 0 Å². The van der Waals surface area contributed by atoms with Crippen molar-refractivity contribution in [3.63, 3.8) is 0 Å². The molecule has 3 nitrogen and oxygen atoms in total. The fourth-order valence-electron chi connectivity index (χ4n) is 1.53. The Morgan fingerprint density at radius 3 is 2.53 bits per heavy atom. The molecule has 1 saturated carbocycles. The Balaban J connectivity index is 2.25. The summed E-state index contributed by atoms with van der Waals surface area (Å²) in [7, 11) is 0. The second-order valence-electron chi connectivity index (χ2n) is 4.03. The highest BCUT2D eigenvalue weighted by atomic mass is 19.4. The van der Waals surface area contributed by atoms with Gasteiger partial charge in [-0.3, -0.25) is 0 Å². The molecule has 1 aromatic rings. The molecule has 1 aliphatic carbocycles. The van der Waals surface area contributed by atoms with Gasteiger partial charge in [-0.1, -0.05) is 6.07 Å². The molecule has 94 valence electrons. The van der Waals surface area contributed by atoms with Crippen LogP contribution in [-0.2, 0) is 12.7 Å². The maximum Gasteiger partial charge on any atom is 0.433 e. The molecule has 17 heavy (non-hydrogen) atoms. The van der Waals surface area contributed by atoms with Gasteiger partial charge in [0.05, 0.1) is 0 Å². The summed E-state index contributed by atoms with van der Waals surface area (Å²) in [6.45, 7) is 0.118. The van der Waals surface area contributed by atoms with E-state index in [1.165, 1.54) is 6.07 Å². The Labute approximate surface area is 96.8 Å². The first-order valence-electron chi connectivity index (χ1n) is 5.44. The highest BCUT2D eigenvalue weighted by Crippen LogP contribution is 2.32. The van der Waals surface area contributed by atoms with Crippen LogP contribution in [0.15, 0.2) is 12.1 Å². The molecule has 0 aromatic carbocycles. The average Bonchev–Trinajstić information content (AvgIpc) is 2.22. The predicted octanol–water partition coefficient (Wildman–Crippen LogP) is 2.49. The average molecular weight is 246 g/mol. The minimum absolute atomic E-state index is 0.0173. The van der Waals surface area contributed by atoms with Gasteiger partial charge in [-0.15, -0.1) is 0 Å². The van der Waals surface area contributed by atoms with Crippen LogP contribution < -0.4 is 10.5 Å². The topological polar surface area (TPSA) is 48.1 Å². The number of pyridine rings is 1. The first-order valence-corrected chi connectivity index (χ1v) is 5.44. The second kappa shape index (κ2) is 4.52. The number of rotatable bonds is 3. The lowest BCUT2D eigenvalue weighted by Gasteiger charge is -2.26. The van der Waals surface area contributed by atoms with E-state index in [1.54, 1.807) is 0 Å². The molecular formula is C11H13F3N2O. The van der Waals surface area contributed by atoms with Crippen molar-refractivity contribution in [1.82, 2.24) is 4.98 Å². The van der Waals surface area contributed by atoms with Gasteiger partial charge >= 0.3 is 6.18 Å². The molecule has 2 rings (SSSR count). The van der Waals surface area contributed by atoms with Crippen LogP contribution in [0, 0.1) is 0 Å². The second-order valence-corrected chi connectivity index (χ2v) is 4.03.